The Balaban J connectivity index is 1.35. The zero-order valence-electron chi connectivity index (χ0n) is 24.0. The van der Waals surface area contributed by atoms with Crippen LogP contribution in [0.25, 0.3) is 40.0 Å². The molecule has 0 N–H and O–H groups in total. The van der Waals surface area contributed by atoms with Crippen molar-refractivity contribution in [2.24, 2.45) is 0 Å². The first-order chi connectivity index (χ1) is 19.8. The van der Waals surface area contributed by atoms with Gasteiger partial charge < -0.3 is 13.7 Å². The predicted octanol–water partition coefficient (Wildman–Crippen LogP) is 8.74. The number of hydrogen-bond donors (Lipinski definition) is 0. The number of oxazole rings is 2. The van der Waals surface area contributed by atoms with Gasteiger partial charge in [-0.15, -0.1) is 0 Å². The van der Waals surface area contributed by atoms with Crippen LogP contribution >= 0.6 is 0 Å². The Kier molecular flexibility index (Phi) is 9.82. The highest BCUT2D eigenvalue weighted by Crippen LogP contribution is 2.31. The molecule has 0 spiro atoms. The number of aromatic nitrogens is 5. The second-order valence-corrected chi connectivity index (χ2v) is 10.6. The molecule has 8 nitrogen and oxygen atoms in total. The summed E-state index contributed by atoms with van der Waals surface area (Å²) in [7, 11) is 0. The lowest BCUT2D eigenvalue weighted by Crippen LogP contribution is -2.26. The molecule has 0 bridgehead atoms. The van der Waals surface area contributed by atoms with Gasteiger partial charge in [-0.2, -0.15) is 9.97 Å². The molecule has 8 heteroatoms. The summed E-state index contributed by atoms with van der Waals surface area (Å²) in [5.74, 6) is 0.943. The molecule has 0 saturated heterocycles. The second-order valence-electron chi connectivity index (χ2n) is 10.6. The van der Waals surface area contributed by atoms with E-state index in [-0.39, 0.29) is 0 Å². The van der Waals surface area contributed by atoms with Crippen LogP contribution in [0.15, 0.2) is 57.5 Å². The zero-order valence-corrected chi connectivity index (χ0v) is 24.0. The Bertz CT molecular complexity index is 1410. The van der Waals surface area contributed by atoms with Gasteiger partial charge in [0.25, 0.3) is 17.3 Å². The minimum Gasteiger partial charge on any atom is -0.411 e. The molecule has 4 aromatic heterocycles. The van der Waals surface area contributed by atoms with Crippen LogP contribution in [0.1, 0.15) is 90.9 Å². The van der Waals surface area contributed by atoms with Gasteiger partial charge in [0.05, 0.1) is 0 Å². The van der Waals surface area contributed by atoms with E-state index in [1.165, 1.54) is 64.2 Å². The fraction of sp³-hybridized carbons (Fsp3) is 0.500. The van der Waals surface area contributed by atoms with Gasteiger partial charge in [-0.05, 0) is 37.1 Å². The number of imidazole rings is 1. The third kappa shape index (κ3) is 6.72. The largest absolute Gasteiger partial charge is 0.411 e. The van der Waals surface area contributed by atoms with Crippen molar-refractivity contribution in [3.63, 3.8) is 0 Å². The molecular weight excluding hydrogens is 500 g/mol. The minimum absolute atomic E-state index is 0.369. The van der Waals surface area contributed by atoms with E-state index < -0.39 is 0 Å². The van der Waals surface area contributed by atoms with E-state index in [1.807, 2.05) is 47.0 Å². The SMILES string of the molecule is CCCCCCCCN(CCCCCCCC)c1nc2oc(-c3nc4cccnc4n3-c3ccccc3)nc2o1. The van der Waals surface area contributed by atoms with Crippen LogP contribution < -0.4 is 4.90 Å². The van der Waals surface area contributed by atoms with Gasteiger partial charge in [-0.1, -0.05) is 96.3 Å². The topological polar surface area (TPSA) is 86.0 Å². The summed E-state index contributed by atoms with van der Waals surface area (Å²) in [6, 6.07) is 14.4. The van der Waals surface area contributed by atoms with E-state index in [2.05, 4.69) is 23.7 Å². The summed E-state index contributed by atoms with van der Waals surface area (Å²) in [4.78, 5) is 21.1. The summed E-state index contributed by atoms with van der Waals surface area (Å²) in [6.07, 6.45) is 16.9. The molecule has 0 amide bonds. The van der Waals surface area contributed by atoms with Crippen LogP contribution in [0.5, 0.6) is 0 Å². The number of nitrogens with zero attached hydrogens (tertiary/aromatic N) is 6. The normalized spacial score (nSPS) is 11.7. The standard InChI is InChI=1S/C32H42N6O2/c1-3-5-7-9-11-16-23-37(24-17-12-10-8-6-4-2)32-36-31-30(40-32)35-29(39-31)28-34-26-21-18-22-33-27(26)38(28)25-19-14-13-15-20-25/h13-15,18-22H,3-12,16-17,23-24H2,1-2H3. The minimum atomic E-state index is 0.369. The van der Waals surface area contributed by atoms with Gasteiger partial charge in [0.2, 0.25) is 5.82 Å². The third-order valence-electron chi connectivity index (χ3n) is 7.42. The molecule has 40 heavy (non-hydrogen) atoms. The molecule has 0 aliphatic rings. The van der Waals surface area contributed by atoms with E-state index in [1.54, 1.807) is 6.20 Å². The van der Waals surface area contributed by atoms with Crippen LogP contribution in [-0.2, 0) is 0 Å². The van der Waals surface area contributed by atoms with Gasteiger partial charge in [-0.3, -0.25) is 4.57 Å². The van der Waals surface area contributed by atoms with Gasteiger partial charge >= 0.3 is 6.01 Å². The quantitative estimate of drug-likeness (QED) is 0.109. The van der Waals surface area contributed by atoms with E-state index in [4.69, 9.17) is 23.8 Å². The first kappa shape index (κ1) is 27.9. The molecule has 4 heterocycles. The maximum atomic E-state index is 6.20. The van der Waals surface area contributed by atoms with E-state index in [9.17, 15) is 0 Å². The zero-order chi connectivity index (χ0) is 27.6. The van der Waals surface area contributed by atoms with Crippen molar-refractivity contribution in [2.45, 2.75) is 90.9 Å². The van der Waals surface area contributed by atoms with E-state index in [0.717, 1.165) is 42.8 Å². The van der Waals surface area contributed by atoms with Crippen molar-refractivity contribution in [2.75, 3.05) is 18.0 Å². The molecule has 1 aromatic carbocycles. The monoisotopic (exact) mass is 542 g/mol. The molecule has 0 saturated carbocycles. The van der Waals surface area contributed by atoms with Crippen LogP contribution in [0.4, 0.5) is 6.01 Å². The lowest BCUT2D eigenvalue weighted by atomic mass is 10.1. The van der Waals surface area contributed by atoms with Gasteiger partial charge in [0.1, 0.15) is 5.52 Å². The van der Waals surface area contributed by atoms with Crippen LogP contribution in [0, 0.1) is 0 Å². The Hall–Kier alpha value is -3.68. The number of hydrogen-bond acceptors (Lipinski definition) is 7. The number of unbranched alkanes of at least 4 members (excludes halogenated alkanes) is 10. The van der Waals surface area contributed by atoms with Crippen LogP contribution in [-0.4, -0.2) is 37.6 Å². The lowest BCUT2D eigenvalue weighted by Gasteiger charge is -2.20. The highest BCUT2D eigenvalue weighted by molar-refractivity contribution is 5.79. The number of benzene rings is 1. The van der Waals surface area contributed by atoms with Gasteiger partial charge in [-0.25, -0.2) is 9.97 Å². The smallest absolute Gasteiger partial charge is 0.302 e. The average molecular weight is 543 g/mol. The number of pyridine rings is 1. The molecule has 5 rings (SSSR count). The Labute approximate surface area is 236 Å². The summed E-state index contributed by atoms with van der Waals surface area (Å²) < 4.78 is 14.3. The first-order valence-corrected chi connectivity index (χ1v) is 15.2. The number of anilines is 1. The Morgan fingerprint density at radius 2 is 1.32 bits per heavy atom. The Morgan fingerprint density at radius 1 is 0.675 bits per heavy atom. The van der Waals surface area contributed by atoms with Crippen LogP contribution in [0.3, 0.4) is 0 Å². The molecule has 0 unspecified atom stereocenters. The van der Waals surface area contributed by atoms with Crippen molar-refractivity contribution in [1.82, 2.24) is 24.5 Å². The predicted molar refractivity (Wildman–Crippen MR) is 161 cm³/mol. The molecule has 0 aliphatic heterocycles. The van der Waals surface area contributed by atoms with E-state index >= 15 is 0 Å². The molecule has 0 radical (unpaired) electrons. The van der Waals surface area contributed by atoms with Crippen molar-refractivity contribution in [3.8, 4) is 17.4 Å². The van der Waals surface area contributed by atoms with Crippen molar-refractivity contribution in [3.05, 3.63) is 48.7 Å². The molecule has 212 valence electrons. The maximum Gasteiger partial charge on any atom is 0.302 e. The fourth-order valence-corrected chi connectivity index (χ4v) is 5.21. The van der Waals surface area contributed by atoms with E-state index in [0.29, 0.717) is 29.2 Å². The number of rotatable bonds is 17. The average Bonchev–Trinajstić information content (AvgIpc) is 3.67. The lowest BCUT2D eigenvalue weighted by molar-refractivity contribution is 0.521. The summed E-state index contributed by atoms with van der Waals surface area (Å²) in [5, 5.41) is 0. The Morgan fingerprint density at radius 3 is 2.00 bits per heavy atom. The van der Waals surface area contributed by atoms with Crippen molar-refractivity contribution < 1.29 is 8.83 Å². The molecular formula is C32H42N6O2. The number of fused-ring (bicyclic) bond motifs is 2. The molecule has 0 aliphatic carbocycles. The summed E-state index contributed by atoms with van der Waals surface area (Å²) in [5.41, 5.74) is 3.26. The van der Waals surface area contributed by atoms with Gasteiger partial charge in [0.15, 0.2) is 5.65 Å². The highest BCUT2D eigenvalue weighted by atomic mass is 16.4. The number of para-hydroxylation sites is 1. The third-order valence-corrected chi connectivity index (χ3v) is 7.42. The van der Waals surface area contributed by atoms with Crippen molar-refractivity contribution in [1.29, 1.82) is 0 Å². The van der Waals surface area contributed by atoms with Gasteiger partial charge in [0, 0.05) is 25.0 Å². The van der Waals surface area contributed by atoms with Crippen LogP contribution in [0.2, 0.25) is 0 Å². The molecule has 5 aromatic rings. The van der Waals surface area contributed by atoms with Crippen molar-refractivity contribution >= 4 is 28.6 Å². The first-order valence-electron chi connectivity index (χ1n) is 15.2. The highest BCUT2D eigenvalue weighted by Gasteiger charge is 2.24. The summed E-state index contributed by atoms with van der Waals surface area (Å²) >= 11 is 0. The second kappa shape index (κ2) is 14.1. The summed E-state index contributed by atoms with van der Waals surface area (Å²) in [6.45, 7) is 6.39. The molecule has 0 atom stereocenters. The molecule has 0 fully saturated rings. The maximum absolute atomic E-state index is 6.20. The fourth-order valence-electron chi connectivity index (χ4n) is 5.21.